The van der Waals surface area contributed by atoms with E-state index in [1.165, 1.54) is 0 Å². The zero-order chi connectivity index (χ0) is 14.8. The minimum Gasteiger partial charge on any atom is -0.423 e. The number of halogens is 2. The third-order valence-electron chi connectivity index (χ3n) is 2.69. The largest absolute Gasteiger partial charge is 0.423 e. The lowest BCUT2D eigenvalue weighted by molar-refractivity contribution is 0.261. The molecule has 0 bridgehead atoms. The van der Waals surface area contributed by atoms with Gasteiger partial charge in [-0.05, 0) is 30.3 Å². The van der Waals surface area contributed by atoms with Crippen LogP contribution in [-0.4, -0.2) is 11.0 Å². The normalized spacial score (nSPS) is 10.6. The van der Waals surface area contributed by atoms with Gasteiger partial charge >= 0.3 is 12.0 Å². The van der Waals surface area contributed by atoms with Gasteiger partial charge in [-0.25, -0.2) is 4.79 Å². The lowest BCUT2D eigenvalue weighted by Crippen LogP contribution is -2.19. The Morgan fingerprint density at radius 2 is 2.00 bits per heavy atom. The van der Waals surface area contributed by atoms with Crippen LogP contribution in [0.3, 0.4) is 0 Å². The van der Waals surface area contributed by atoms with Crippen LogP contribution >= 0.6 is 27.5 Å². The van der Waals surface area contributed by atoms with Crippen molar-refractivity contribution in [3.05, 3.63) is 52.0 Å². The minimum absolute atomic E-state index is 0.118. The molecule has 0 aliphatic rings. The summed E-state index contributed by atoms with van der Waals surface area (Å²) in [7, 11) is 0. The third kappa shape index (κ3) is 3.17. The van der Waals surface area contributed by atoms with E-state index in [4.69, 9.17) is 16.0 Å². The molecule has 5 nitrogen and oxygen atoms in total. The molecule has 1 aromatic heterocycles. The molecule has 0 fully saturated rings. The van der Waals surface area contributed by atoms with E-state index in [1.54, 1.807) is 36.4 Å². The molecular formula is C14H9BrClN3O2. The van der Waals surface area contributed by atoms with Gasteiger partial charge in [0.05, 0.1) is 10.7 Å². The number of nitrogens with zero attached hydrogens (tertiary/aromatic N) is 1. The highest BCUT2D eigenvalue weighted by molar-refractivity contribution is 9.10. The van der Waals surface area contributed by atoms with Crippen molar-refractivity contribution in [3.8, 4) is 0 Å². The fourth-order valence-electron chi connectivity index (χ4n) is 1.77. The summed E-state index contributed by atoms with van der Waals surface area (Å²) in [5, 5.41) is 5.60. The van der Waals surface area contributed by atoms with Crippen LogP contribution in [0.2, 0.25) is 5.02 Å². The molecule has 7 heteroatoms. The van der Waals surface area contributed by atoms with E-state index in [0.29, 0.717) is 21.8 Å². The topological polar surface area (TPSA) is 67.2 Å². The monoisotopic (exact) mass is 365 g/mol. The van der Waals surface area contributed by atoms with Crippen molar-refractivity contribution in [2.75, 3.05) is 10.6 Å². The first-order valence-electron chi connectivity index (χ1n) is 6.00. The van der Waals surface area contributed by atoms with E-state index in [0.717, 1.165) is 4.47 Å². The molecule has 0 aliphatic heterocycles. The molecule has 0 saturated carbocycles. The third-order valence-corrected chi connectivity index (χ3v) is 3.52. The average molecular weight is 367 g/mol. The molecule has 0 saturated heterocycles. The molecule has 0 unspecified atom stereocenters. The summed E-state index contributed by atoms with van der Waals surface area (Å²) in [5.41, 5.74) is 1.75. The number of para-hydroxylation sites is 1. The maximum Gasteiger partial charge on any atom is 0.327 e. The number of nitrogens with one attached hydrogen (secondary N) is 2. The van der Waals surface area contributed by atoms with E-state index >= 15 is 0 Å². The average Bonchev–Trinajstić information content (AvgIpc) is 2.82. The number of amides is 2. The predicted octanol–water partition coefficient (Wildman–Crippen LogP) is 4.89. The number of fused-ring (bicyclic) bond motifs is 1. The van der Waals surface area contributed by atoms with Crippen molar-refractivity contribution in [2.45, 2.75) is 0 Å². The Morgan fingerprint density at radius 3 is 2.81 bits per heavy atom. The van der Waals surface area contributed by atoms with Crippen LogP contribution in [0.25, 0.3) is 11.1 Å². The maximum atomic E-state index is 11.9. The Labute approximate surface area is 133 Å². The molecule has 21 heavy (non-hydrogen) atoms. The van der Waals surface area contributed by atoms with Crippen molar-refractivity contribution in [1.82, 2.24) is 4.98 Å². The number of aromatic nitrogens is 1. The van der Waals surface area contributed by atoms with Gasteiger partial charge in [0, 0.05) is 4.47 Å². The molecule has 0 radical (unpaired) electrons. The zero-order valence-corrected chi connectivity index (χ0v) is 12.9. The second-order valence-electron chi connectivity index (χ2n) is 4.19. The number of hydrogen-bond donors (Lipinski definition) is 2. The molecule has 3 rings (SSSR count). The number of carbonyl (C=O) groups is 1. The number of hydrogen-bond acceptors (Lipinski definition) is 3. The fourth-order valence-corrected chi connectivity index (χ4v) is 2.29. The van der Waals surface area contributed by atoms with E-state index in [1.807, 2.05) is 6.07 Å². The highest BCUT2D eigenvalue weighted by atomic mass is 79.9. The minimum atomic E-state index is -0.478. The number of rotatable bonds is 2. The molecule has 0 aliphatic carbocycles. The van der Waals surface area contributed by atoms with Crippen molar-refractivity contribution in [1.29, 1.82) is 0 Å². The maximum absolute atomic E-state index is 11.9. The smallest absolute Gasteiger partial charge is 0.327 e. The van der Waals surface area contributed by atoms with Crippen molar-refractivity contribution < 1.29 is 9.21 Å². The second kappa shape index (κ2) is 5.75. The molecule has 0 spiro atoms. The molecular weight excluding hydrogens is 358 g/mol. The van der Waals surface area contributed by atoms with Gasteiger partial charge in [-0.1, -0.05) is 39.7 Å². The number of benzene rings is 2. The second-order valence-corrected chi connectivity index (χ2v) is 5.51. The summed E-state index contributed by atoms with van der Waals surface area (Å²) in [6, 6.07) is 12.0. The molecule has 2 N–H and O–H groups in total. The van der Waals surface area contributed by atoms with Gasteiger partial charge in [-0.3, -0.25) is 5.32 Å². The van der Waals surface area contributed by atoms with Crippen molar-refractivity contribution in [2.24, 2.45) is 0 Å². The number of anilines is 2. The Morgan fingerprint density at radius 1 is 1.19 bits per heavy atom. The molecule has 2 amide bonds. The van der Waals surface area contributed by atoms with E-state index in [-0.39, 0.29) is 6.01 Å². The van der Waals surface area contributed by atoms with Crippen LogP contribution in [0.15, 0.2) is 51.4 Å². The Kier molecular flexibility index (Phi) is 3.81. The van der Waals surface area contributed by atoms with Crippen molar-refractivity contribution in [3.63, 3.8) is 0 Å². The lowest BCUT2D eigenvalue weighted by Gasteiger charge is -2.06. The summed E-state index contributed by atoms with van der Waals surface area (Å²) in [5.74, 6) is 0. The van der Waals surface area contributed by atoms with Gasteiger partial charge in [0.15, 0.2) is 5.58 Å². The SMILES string of the molecule is O=C(Nc1nc2ccc(Br)cc2o1)Nc1ccccc1Cl. The summed E-state index contributed by atoms with van der Waals surface area (Å²) >= 11 is 9.31. The Hall–Kier alpha value is -2.05. The summed E-state index contributed by atoms with van der Waals surface area (Å²) in [4.78, 5) is 16.1. The summed E-state index contributed by atoms with van der Waals surface area (Å²) in [6.45, 7) is 0. The number of carbonyl (C=O) groups excluding carboxylic acids is 1. The highest BCUT2D eigenvalue weighted by Gasteiger charge is 2.10. The van der Waals surface area contributed by atoms with E-state index in [9.17, 15) is 4.79 Å². The van der Waals surface area contributed by atoms with E-state index < -0.39 is 6.03 Å². The number of urea groups is 1. The van der Waals surface area contributed by atoms with Gasteiger partial charge in [0.25, 0.3) is 0 Å². The molecule has 1 heterocycles. The van der Waals surface area contributed by atoms with E-state index in [2.05, 4.69) is 31.5 Å². The molecule has 2 aromatic carbocycles. The quantitative estimate of drug-likeness (QED) is 0.678. The Bertz CT molecular complexity index is 819. The van der Waals surface area contributed by atoms with Crippen LogP contribution in [0.1, 0.15) is 0 Å². The first-order chi connectivity index (χ1) is 10.1. The van der Waals surface area contributed by atoms with Gasteiger partial charge in [-0.2, -0.15) is 4.98 Å². The van der Waals surface area contributed by atoms with Crippen LogP contribution in [-0.2, 0) is 0 Å². The summed E-state index contributed by atoms with van der Waals surface area (Å²) in [6.07, 6.45) is 0. The van der Waals surface area contributed by atoms with Gasteiger partial charge in [0.1, 0.15) is 5.52 Å². The number of oxazole rings is 1. The van der Waals surface area contributed by atoms with Gasteiger partial charge < -0.3 is 9.73 Å². The van der Waals surface area contributed by atoms with Gasteiger partial charge in [0.2, 0.25) is 0 Å². The first-order valence-corrected chi connectivity index (χ1v) is 7.17. The predicted molar refractivity (Wildman–Crippen MR) is 85.8 cm³/mol. The van der Waals surface area contributed by atoms with Crippen molar-refractivity contribution >= 4 is 56.4 Å². The van der Waals surface area contributed by atoms with Crippen LogP contribution < -0.4 is 10.6 Å². The zero-order valence-electron chi connectivity index (χ0n) is 10.6. The highest BCUT2D eigenvalue weighted by Crippen LogP contribution is 2.23. The lowest BCUT2D eigenvalue weighted by atomic mass is 10.3. The molecule has 0 atom stereocenters. The molecule has 3 aromatic rings. The van der Waals surface area contributed by atoms with Crippen LogP contribution in [0.5, 0.6) is 0 Å². The van der Waals surface area contributed by atoms with Gasteiger partial charge in [-0.15, -0.1) is 0 Å². The van der Waals surface area contributed by atoms with Crippen LogP contribution in [0.4, 0.5) is 16.5 Å². The Balaban J connectivity index is 1.75. The van der Waals surface area contributed by atoms with Crippen LogP contribution in [0, 0.1) is 0 Å². The first kappa shape index (κ1) is 13.9. The molecule has 106 valence electrons. The fraction of sp³-hybridized carbons (Fsp3) is 0. The standard InChI is InChI=1S/C14H9BrClN3O2/c15-8-5-6-11-12(7-8)21-14(18-11)19-13(20)17-10-4-2-1-3-9(10)16/h1-7H,(H2,17,18,19,20). The summed E-state index contributed by atoms with van der Waals surface area (Å²) < 4.78 is 6.31.